The molecule has 2 unspecified atom stereocenters. The lowest BCUT2D eigenvalue weighted by molar-refractivity contribution is -0.271. The van der Waals surface area contributed by atoms with Crippen LogP contribution in [0.25, 0.3) is 0 Å². The van der Waals surface area contributed by atoms with Crippen molar-refractivity contribution in [2.45, 2.75) is 57.4 Å². The molecule has 0 bridgehead atoms. The van der Waals surface area contributed by atoms with Gasteiger partial charge < -0.3 is 44.3 Å². The third-order valence-electron chi connectivity index (χ3n) is 6.39. The number of carboxylic acid groups (broad SMARTS) is 1. The predicted octanol–water partition coefficient (Wildman–Crippen LogP) is 0.608. The molecule has 0 aromatic heterocycles. The van der Waals surface area contributed by atoms with Gasteiger partial charge in [-0.3, -0.25) is 4.55 Å². The number of aromatic hydroxyl groups is 2. The summed E-state index contributed by atoms with van der Waals surface area (Å²) in [7, 11) is -4.99. The highest BCUT2D eigenvalue weighted by molar-refractivity contribution is 7.81. The maximum atomic E-state index is 11.4. The molecule has 1 aliphatic rings. The van der Waals surface area contributed by atoms with Gasteiger partial charge in [0.1, 0.15) is 18.3 Å². The molecule has 1 heterocycles. The van der Waals surface area contributed by atoms with Crippen molar-refractivity contribution in [1.29, 1.82) is 0 Å². The van der Waals surface area contributed by atoms with Crippen LogP contribution in [0.4, 0.5) is 0 Å². The molecule has 3 rings (SSSR count). The maximum Gasteiger partial charge on any atom is 0.446 e. The van der Waals surface area contributed by atoms with Crippen LogP contribution >= 0.6 is 0 Å². The molecule has 1 aliphatic heterocycles. The van der Waals surface area contributed by atoms with Gasteiger partial charge in [0.05, 0.1) is 0 Å². The Balaban J connectivity index is 1.82. The Morgan fingerprint density at radius 3 is 2.03 bits per heavy atom. The van der Waals surface area contributed by atoms with Crippen molar-refractivity contribution in [3.63, 3.8) is 0 Å². The van der Waals surface area contributed by atoms with Gasteiger partial charge in [0.15, 0.2) is 29.1 Å². The van der Waals surface area contributed by atoms with E-state index in [1.54, 1.807) is 6.07 Å². The number of aliphatic hydroxyl groups is 3. The van der Waals surface area contributed by atoms with Crippen LogP contribution in [0.3, 0.4) is 0 Å². The summed E-state index contributed by atoms with van der Waals surface area (Å²) in [5.41, 5.74) is 1.41. The number of hydrogen-bond acceptors (Lipinski definition) is 11. The number of aliphatic carboxylic acids is 1. The fourth-order valence-electron chi connectivity index (χ4n) is 4.07. The summed E-state index contributed by atoms with van der Waals surface area (Å²) in [5.74, 6) is -2.83. The number of rotatable bonds is 10. The fourth-order valence-corrected chi connectivity index (χ4v) is 4.43. The first-order chi connectivity index (χ1) is 17.7. The minimum atomic E-state index is -4.99. The zero-order valence-corrected chi connectivity index (χ0v) is 21.2. The summed E-state index contributed by atoms with van der Waals surface area (Å²) in [5, 5.41) is 58.6. The van der Waals surface area contributed by atoms with Crippen LogP contribution in [0.5, 0.6) is 23.0 Å². The second kappa shape index (κ2) is 11.7. The second-order valence-electron chi connectivity index (χ2n) is 9.33. The smallest absolute Gasteiger partial charge is 0.446 e. The lowest BCUT2D eigenvalue weighted by Gasteiger charge is -2.38. The van der Waals surface area contributed by atoms with Crippen molar-refractivity contribution in [3.05, 3.63) is 47.5 Å². The Bertz CT molecular complexity index is 1250. The van der Waals surface area contributed by atoms with Crippen LogP contribution in [0.2, 0.25) is 0 Å². The van der Waals surface area contributed by atoms with Crippen molar-refractivity contribution < 1.29 is 62.1 Å². The highest BCUT2D eigenvalue weighted by Crippen LogP contribution is 2.35. The summed E-state index contributed by atoms with van der Waals surface area (Å²) >= 11 is 0. The van der Waals surface area contributed by atoms with E-state index in [9.17, 15) is 43.9 Å². The summed E-state index contributed by atoms with van der Waals surface area (Å²) < 4.78 is 46.9. The monoisotopic (exact) mass is 558 g/mol. The number of benzene rings is 2. The summed E-state index contributed by atoms with van der Waals surface area (Å²) in [6, 6.07) is 8.60. The van der Waals surface area contributed by atoms with E-state index in [0.717, 1.165) is 5.56 Å². The van der Waals surface area contributed by atoms with Crippen LogP contribution in [0.1, 0.15) is 25.0 Å². The Labute approximate surface area is 218 Å². The molecule has 1 saturated heterocycles. The lowest BCUT2D eigenvalue weighted by Crippen LogP contribution is -2.61. The topological polar surface area (TPSA) is 221 Å². The molecule has 1 fully saturated rings. The maximum absolute atomic E-state index is 11.4. The van der Waals surface area contributed by atoms with Crippen molar-refractivity contribution >= 4 is 16.4 Å². The molecule has 13 nitrogen and oxygen atoms in total. The lowest BCUT2D eigenvalue weighted by atomic mass is 9.85. The van der Waals surface area contributed by atoms with Gasteiger partial charge in [0.25, 0.3) is 0 Å². The average molecular weight is 559 g/mol. The van der Waals surface area contributed by atoms with Crippen LogP contribution in [-0.2, 0) is 32.8 Å². The van der Waals surface area contributed by atoms with E-state index in [0.29, 0.717) is 18.4 Å². The Morgan fingerprint density at radius 2 is 1.47 bits per heavy atom. The first-order valence-electron chi connectivity index (χ1n) is 11.6. The molecule has 0 saturated carbocycles. The largest absolute Gasteiger partial charge is 0.504 e. The number of ether oxygens (including phenoxy) is 2. The number of phenolic OH excluding ortho intramolecular Hbond substituents is 2. The first kappa shape index (κ1) is 29.4. The molecular weight excluding hydrogens is 528 g/mol. The van der Waals surface area contributed by atoms with Crippen molar-refractivity contribution in [1.82, 2.24) is 0 Å². The average Bonchev–Trinajstić information content (AvgIpc) is 2.82. The number of aliphatic hydroxyl groups excluding tert-OH is 3. The summed E-state index contributed by atoms with van der Waals surface area (Å²) in [6.45, 7) is 3.93. The quantitative estimate of drug-likeness (QED) is 0.157. The molecule has 0 amide bonds. The van der Waals surface area contributed by atoms with Crippen LogP contribution in [0.15, 0.2) is 36.4 Å². The van der Waals surface area contributed by atoms with Gasteiger partial charge in [-0.05, 0) is 60.1 Å². The third-order valence-corrected chi connectivity index (χ3v) is 6.78. The van der Waals surface area contributed by atoms with E-state index in [4.69, 9.17) is 14.0 Å². The van der Waals surface area contributed by atoms with E-state index in [2.05, 4.69) is 4.18 Å². The highest BCUT2D eigenvalue weighted by Gasteiger charge is 2.48. The van der Waals surface area contributed by atoms with Gasteiger partial charge in [-0.25, -0.2) is 4.79 Å². The normalized spacial score (nSPS) is 25.4. The molecule has 0 aliphatic carbocycles. The molecule has 7 atom stereocenters. The molecule has 2 aromatic rings. The Hall–Kier alpha value is -3.14. The molecule has 2 aromatic carbocycles. The molecule has 38 heavy (non-hydrogen) atoms. The minimum Gasteiger partial charge on any atom is -0.504 e. The first-order valence-corrected chi connectivity index (χ1v) is 12.9. The van der Waals surface area contributed by atoms with E-state index >= 15 is 0 Å². The van der Waals surface area contributed by atoms with Crippen molar-refractivity contribution in [3.8, 4) is 23.0 Å². The van der Waals surface area contributed by atoms with E-state index in [1.165, 1.54) is 30.3 Å². The van der Waals surface area contributed by atoms with Gasteiger partial charge >= 0.3 is 16.4 Å². The SMILES string of the molecule is CC(Cc1ccc(O)c(O)c1)C(C)Cc1ccc(OS(=O)(=O)O)c(O[C@H]2O[C@@H](C(=O)O)[C@H](O)[C@@H](O)[C@@H]2O)c1. The van der Waals surface area contributed by atoms with E-state index in [1.807, 2.05) is 13.8 Å². The predicted molar refractivity (Wildman–Crippen MR) is 129 cm³/mol. The standard InChI is InChI=1S/C24H30O13S/c1-11(7-13-3-5-15(25)16(26)9-13)12(2)8-14-4-6-17(37-38(32,33)34)18(10-14)35-24-21(29)19(27)20(28)22(36-24)23(30)31/h3-6,9-12,19-22,24-29H,7-8H2,1-2H3,(H,30,31)(H,32,33,34)/t11?,12?,19-,20-,21+,22-,24+/m1/s1. The number of carbonyl (C=O) groups is 1. The van der Waals surface area contributed by atoms with E-state index < -0.39 is 52.8 Å². The fraction of sp³-hybridized carbons (Fsp3) is 0.458. The third kappa shape index (κ3) is 7.24. The van der Waals surface area contributed by atoms with Gasteiger partial charge in [-0.15, -0.1) is 0 Å². The van der Waals surface area contributed by atoms with Gasteiger partial charge in [0, 0.05) is 0 Å². The summed E-state index contributed by atoms with van der Waals surface area (Å²) in [4.78, 5) is 11.4. The van der Waals surface area contributed by atoms with Crippen LogP contribution < -0.4 is 8.92 Å². The molecule has 14 heteroatoms. The van der Waals surface area contributed by atoms with Gasteiger partial charge in [-0.1, -0.05) is 26.0 Å². The molecule has 210 valence electrons. The second-order valence-corrected chi connectivity index (χ2v) is 10.4. The van der Waals surface area contributed by atoms with Crippen LogP contribution in [0, 0.1) is 11.8 Å². The zero-order valence-electron chi connectivity index (χ0n) is 20.4. The molecule has 7 N–H and O–H groups in total. The van der Waals surface area contributed by atoms with E-state index in [-0.39, 0.29) is 29.1 Å². The highest BCUT2D eigenvalue weighted by atomic mass is 32.3. The van der Waals surface area contributed by atoms with Gasteiger partial charge in [0.2, 0.25) is 6.29 Å². The Kier molecular flexibility index (Phi) is 9.07. The van der Waals surface area contributed by atoms with Crippen LogP contribution in [-0.4, -0.2) is 80.3 Å². The minimum absolute atomic E-state index is 0.0250. The van der Waals surface area contributed by atoms with Gasteiger partial charge in [-0.2, -0.15) is 8.42 Å². The van der Waals surface area contributed by atoms with Crippen molar-refractivity contribution in [2.24, 2.45) is 11.8 Å². The Morgan fingerprint density at radius 1 is 0.895 bits per heavy atom. The molecular formula is C24H30O13S. The number of phenols is 2. The molecule has 0 radical (unpaired) electrons. The summed E-state index contributed by atoms with van der Waals surface area (Å²) in [6.07, 6.45) is -8.62. The molecule has 0 spiro atoms. The zero-order chi connectivity index (χ0) is 28.4. The number of hydrogen-bond donors (Lipinski definition) is 7. The number of carboxylic acids is 1. The van der Waals surface area contributed by atoms with Crippen molar-refractivity contribution in [2.75, 3.05) is 0 Å².